The lowest BCUT2D eigenvalue weighted by molar-refractivity contribution is -0.133. The Kier molecular flexibility index (Phi) is 5.76. The summed E-state index contributed by atoms with van der Waals surface area (Å²) in [6.07, 6.45) is 1.94. The number of nitrogens with one attached hydrogen (secondary N) is 1. The lowest BCUT2D eigenvalue weighted by atomic mass is 10.2. The Morgan fingerprint density at radius 3 is 2.89 bits per heavy atom. The third kappa shape index (κ3) is 4.27. The number of hydrogen-bond acceptors (Lipinski definition) is 6. The van der Waals surface area contributed by atoms with Crippen molar-refractivity contribution < 1.29 is 19.1 Å². The predicted octanol–water partition coefficient (Wildman–Crippen LogP) is 0.866. The quantitative estimate of drug-likeness (QED) is 0.677. The second kappa shape index (κ2) is 7.90. The van der Waals surface area contributed by atoms with Gasteiger partial charge in [0.2, 0.25) is 5.91 Å². The molecule has 148 valence electrons. The van der Waals surface area contributed by atoms with Crippen molar-refractivity contribution in [2.75, 3.05) is 32.9 Å². The minimum Gasteiger partial charge on any atom is -0.379 e. The number of aryl methyl sites for hydroxylation is 2. The molecule has 0 radical (unpaired) electrons. The normalized spacial score (nSPS) is 24.4. The summed E-state index contributed by atoms with van der Waals surface area (Å²) in [7, 11) is 0. The highest BCUT2D eigenvalue weighted by Crippen LogP contribution is 2.49. The molecule has 0 aromatic carbocycles. The van der Waals surface area contributed by atoms with Crippen molar-refractivity contribution in [1.82, 2.24) is 20.2 Å². The third-order valence-electron chi connectivity index (χ3n) is 5.30. The van der Waals surface area contributed by atoms with E-state index in [1.54, 1.807) is 24.9 Å². The van der Waals surface area contributed by atoms with Gasteiger partial charge in [-0.2, -0.15) is 0 Å². The topological polar surface area (TPSA) is 93.7 Å². The zero-order chi connectivity index (χ0) is 19.6. The van der Waals surface area contributed by atoms with Crippen LogP contribution in [0.1, 0.15) is 42.1 Å². The van der Waals surface area contributed by atoms with Gasteiger partial charge >= 0.3 is 0 Å². The molecule has 1 saturated heterocycles. The van der Waals surface area contributed by atoms with Gasteiger partial charge < -0.3 is 19.7 Å². The summed E-state index contributed by atoms with van der Waals surface area (Å²) < 4.78 is 10.7. The van der Waals surface area contributed by atoms with Gasteiger partial charge in [0.05, 0.1) is 30.0 Å². The number of rotatable bonds is 8. The molecule has 0 spiro atoms. The zero-order valence-corrected chi connectivity index (χ0v) is 16.4. The standard InChI is InChI=1S/C19H28N4O4/c1-5-26-6-7-27-13(3)17(24)22-19-8-15(19)10-23(11-19)18(25)16-9-20-14(4)21-12(16)2/h9,13,15H,5-8,10-11H2,1-4H3,(H,22,24)/t13?,15-,19-/m0/s1. The Balaban J connectivity index is 1.54. The highest BCUT2D eigenvalue weighted by molar-refractivity contribution is 5.95. The summed E-state index contributed by atoms with van der Waals surface area (Å²) in [5.74, 6) is 0.732. The number of fused-ring (bicyclic) bond motifs is 1. The van der Waals surface area contributed by atoms with Crippen LogP contribution in [0.4, 0.5) is 0 Å². The van der Waals surface area contributed by atoms with Gasteiger partial charge in [0.25, 0.3) is 5.91 Å². The molecule has 1 N–H and O–H groups in total. The maximum Gasteiger partial charge on any atom is 0.257 e. The van der Waals surface area contributed by atoms with E-state index >= 15 is 0 Å². The van der Waals surface area contributed by atoms with Crippen LogP contribution in [0.5, 0.6) is 0 Å². The molecule has 3 atom stereocenters. The van der Waals surface area contributed by atoms with E-state index in [9.17, 15) is 9.59 Å². The minimum atomic E-state index is -0.543. The largest absolute Gasteiger partial charge is 0.379 e. The zero-order valence-electron chi connectivity index (χ0n) is 16.4. The van der Waals surface area contributed by atoms with Gasteiger partial charge in [0.15, 0.2) is 0 Å². The van der Waals surface area contributed by atoms with Crippen molar-refractivity contribution >= 4 is 11.8 Å². The van der Waals surface area contributed by atoms with Crippen LogP contribution in [0.15, 0.2) is 6.20 Å². The van der Waals surface area contributed by atoms with E-state index in [4.69, 9.17) is 9.47 Å². The highest BCUT2D eigenvalue weighted by Gasteiger charge is 2.62. The van der Waals surface area contributed by atoms with Crippen LogP contribution in [0.2, 0.25) is 0 Å². The second-order valence-electron chi connectivity index (χ2n) is 7.36. The molecule has 0 bridgehead atoms. The molecule has 1 aliphatic carbocycles. The van der Waals surface area contributed by atoms with E-state index in [0.29, 0.717) is 55.9 Å². The first kappa shape index (κ1) is 19.7. The summed E-state index contributed by atoms with van der Waals surface area (Å²) in [5.41, 5.74) is 0.891. The smallest absolute Gasteiger partial charge is 0.257 e. The van der Waals surface area contributed by atoms with E-state index in [2.05, 4.69) is 15.3 Å². The summed E-state index contributed by atoms with van der Waals surface area (Å²) in [6, 6.07) is 0. The van der Waals surface area contributed by atoms with Gasteiger partial charge in [-0.25, -0.2) is 9.97 Å². The Labute approximate surface area is 159 Å². The van der Waals surface area contributed by atoms with Gasteiger partial charge in [-0.3, -0.25) is 9.59 Å². The van der Waals surface area contributed by atoms with Gasteiger partial charge in [0.1, 0.15) is 11.9 Å². The maximum absolute atomic E-state index is 12.8. The van der Waals surface area contributed by atoms with Crippen LogP contribution in [0.3, 0.4) is 0 Å². The summed E-state index contributed by atoms with van der Waals surface area (Å²) in [4.78, 5) is 35.4. The van der Waals surface area contributed by atoms with Crippen molar-refractivity contribution in [2.45, 2.75) is 45.8 Å². The molecule has 1 aromatic heterocycles. The lowest BCUT2D eigenvalue weighted by Gasteiger charge is -2.23. The molecular weight excluding hydrogens is 348 g/mol. The first-order valence-electron chi connectivity index (χ1n) is 9.47. The van der Waals surface area contributed by atoms with Crippen LogP contribution in [-0.2, 0) is 14.3 Å². The fourth-order valence-corrected chi connectivity index (χ4v) is 3.65. The average molecular weight is 376 g/mol. The summed E-state index contributed by atoms with van der Waals surface area (Å²) >= 11 is 0. The van der Waals surface area contributed by atoms with E-state index in [1.807, 2.05) is 13.8 Å². The van der Waals surface area contributed by atoms with E-state index in [-0.39, 0.29) is 17.4 Å². The Bertz CT molecular complexity index is 726. The molecule has 2 fully saturated rings. The number of carbonyl (C=O) groups excluding carboxylic acids is 2. The monoisotopic (exact) mass is 376 g/mol. The van der Waals surface area contributed by atoms with Crippen LogP contribution >= 0.6 is 0 Å². The van der Waals surface area contributed by atoms with Crippen LogP contribution in [0, 0.1) is 19.8 Å². The van der Waals surface area contributed by atoms with Gasteiger partial charge in [0, 0.05) is 31.8 Å². The first-order chi connectivity index (χ1) is 12.9. The number of piperidine rings is 1. The Morgan fingerprint density at radius 2 is 2.19 bits per heavy atom. The Morgan fingerprint density at radius 1 is 1.41 bits per heavy atom. The van der Waals surface area contributed by atoms with Crippen LogP contribution < -0.4 is 5.32 Å². The number of hydrogen-bond donors (Lipinski definition) is 1. The maximum atomic E-state index is 12.8. The molecular formula is C19H28N4O4. The molecule has 1 unspecified atom stereocenters. The van der Waals surface area contributed by atoms with E-state index < -0.39 is 6.10 Å². The average Bonchev–Trinajstić information content (AvgIpc) is 3.17. The van der Waals surface area contributed by atoms with Gasteiger partial charge in [-0.1, -0.05) is 0 Å². The second-order valence-corrected chi connectivity index (χ2v) is 7.36. The molecule has 27 heavy (non-hydrogen) atoms. The van der Waals surface area contributed by atoms with Crippen molar-refractivity contribution in [3.8, 4) is 0 Å². The molecule has 3 rings (SSSR count). The van der Waals surface area contributed by atoms with Crippen LogP contribution in [-0.4, -0.2) is 71.2 Å². The first-order valence-corrected chi connectivity index (χ1v) is 9.47. The summed E-state index contributed by atoms with van der Waals surface area (Å²) in [5, 5.41) is 3.10. The van der Waals surface area contributed by atoms with Crippen molar-refractivity contribution in [2.24, 2.45) is 5.92 Å². The molecule has 2 heterocycles. The minimum absolute atomic E-state index is 0.0747. The van der Waals surface area contributed by atoms with Gasteiger partial charge in [-0.15, -0.1) is 0 Å². The molecule has 1 aromatic rings. The molecule has 2 amide bonds. The number of amides is 2. The number of likely N-dealkylation sites (tertiary alicyclic amines) is 1. The number of ether oxygens (including phenoxy) is 2. The molecule has 8 nitrogen and oxygen atoms in total. The summed E-state index contributed by atoms with van der Waals surface area (Å²) in [6.45, 7) is 9.92. The molecule has 1 saturated carbocycles. The lowest BCUT2D eigenvalue weighted by Crippen LogP contribution is -2.47. The fraction of sp³-hybridized carbons (Fsp3) is 0.684. The highest BCUT2D eigenvalue weighted by atomic mass is 16.5. The fourth-order valence-electron chi connectivity index (χ4n) is 3.65. The predicted molar refractivity (Wildman–Crippen MR) is 98.3 cm³/mol. The Hall–Kier alpha value is -2.06. The van der Waals surface area contributed by atoms with Crippen molar-refractivity contribution in [1.29, 1.82) is 0 Å². The van der Waals surface area contributed by atoms with Gasteiger partial charge in [-0.05, 0) is 34.1 Å². The SMILES string of the molecule is CCOCCOC(C)C(=O)N[C@]12C[C@H]1CN(C(=O)c1cnc(C)nc1C)C2. The molecule has 2 aliphatic rings. The molecule has 1 aliphatic heterocycles. The number of nitrogens with zero attached hydrogens (tertiary/aromatic N) is 3. The van der Waals surface area contributed by atoms with Crippen molar-refractivity contribution in [3.05, 3.63) is 23.3 Å². The van der Waals surface area contributed by atoms with Crippen LogP contribution in [0.25, 0.3) is 0 Å². The third-order valence-corrected chi connectivity index (χ3v) is 5.30. The number of carbonyl (C=O) groups is 2. The number of aromatic nitrogens is 2. The van der Waals surface area contributed by atoms with E-state index in [0.717, 1.165) is 6.42 Å². The van der Waals surface area contributed by atoms with Crippen molar-refractivity contribution in [3.63, 3.8) is 0 Å². The molecule has 8 heteroatoms. The van der Waals surface area contributed by atoms with E-state index in [1.165, 1.54) is 0 Å².